The van der Waals surface area contributed by atoms with Gasteiger partial charge in [-0.25, -0.2) is 0 Å². The average Bonchev–Trinajstić information content (AvgIpc) is 3.28. The summed E-state index contributed by atoms with van der Waals surface area (Å²) in [5.74, 6) is 0.835. The van der Waals surface area contributed by atoms with Gasteiger partial charge in [-0.1, -0.05) is 26.0 Å². The van der Waals surface area contributed by atoms with Crippen LogP contribution in [0.3, 0.4) is 0 Å². The Kier molecular flexibility index (Phi) is 6.02. The van der Waals surface area contributed by atoms with Crippen molar-refractivity contribution in [3.05, 3.63) is 65.0 Å². The summed E-state index contributed by atoms with van der Waals surface area (Å²) in [4.78, 5) is 27.3. The highest BCUT2D eigenvalue weighted by atomic mass is 16.5. The summed E-state index contributed by atoms with van der Waals surface area (Å²) in [6.07, 6.45) is 2.17. The van der Waals surface area contributed by atoms with Gasteiger partial charge < -0.3 is 19.4 Å². The third kappa shape index (κ3) is 3.92. The van der Waals surface area contributed by atoms with E-state index in [0.717, 1.165) is 40.0 Å². The molecule has 0 bridgehead atoms. The van der Waals surface area contributed by atoms with Crippen LogP contribution in [0.25, 0.3) is 10.9 Å². The lowest BCUT2D eigenvalue weighted by Crippen LogP contribution is -2.33. The number of benzene rings is 2. The van der Waals surface area contributed by atoms with Gasteiger partial charge in [-0.2, -0.15) is 0 Å². The van der Waals surface area contributed by atoms with E-state index in [4.69, 9.17) is 9.47 Å². The van der Waals surface area contributed by atoms with Gasteiger partial charge in [0, 0.05) is 42.4 Å². The summed E-state index contributed by atoms with van der Waals surface area (Å²) >= 11 is 0. The molecule has 1 atom stereocenters. The van der Waals surface area contributed by atoms with Gasteiger partial charge in [-0.15, -0.1) is 0 Å². The van der Waals surface area contributed by atoms with E-state index in [2.05, 4.69) is 36.0 Å². The van der Waals surface area contributed by atoms with Crippen LogP contribution in [0.4, 0.5) is 5.69 Å². The number of rotatable bonds is 6. The summed E-state index contributed by atoms with van der Waals surface area (Å²) < 4.78 is 13.9. The van der Waals surface area contributed by atoms with Gasteiger partial charge in [-0.05, 0) is 55.2 Å². The minimum atomic E-state index is -0.370. The Bertz CT molecular complexity index is 1400. The van der Waals surface area contributed by atoms with Crippen LogP contribution < -0.4 is 14.8 Å². The number of amides is 2. The Hall–Kier alpha value is -3.74. The van der Waals surface area contributed by atoms with E-state index in [0.29, 0.717) is 23.0 Å². The fourth-order valence-corrected chi connectivity index (χ4v) is 5.38. The quantitative estimate of drug-likeness (QED) is 0.511. The van der Waals surface area contributed by atoms with Crippen molar-refractivity contribution in [3.63, 3.8) is 0 Å². The number of nitrogens with one attached hydrogen (secondary N) is 1. The fourth-order valence-electron chi connectivity index (χ4n) is 5.38. The zero-order valence-corrected chi connectivity index (χ0v) is 21.7. The van der Waals surface area contributed by atoms with E-state index >= 15 is 0 Å². The first-order valence-electron chi connectivity index (χ1n) is 12.5. The molecular formula is C29H33N3O4. The topological polar surface area (TPSA) is 72.8 Å². The van der Waals surface area contributed by atoms with Crippen molar-refractivity contribution in [2.45, 2.75) is 53.2 Å². The van der Waals surface area contributed by atoms with Crippen LogP contribution in [-0.2, 0) is 16.1 Å². The maximum Gasteiger partial charge on any atom is 0.259 e. The normalized spacial score (nSPS) is 17.1. The maximum atomic E-state index is 13.7. The smallest absolute Gasteiger partial charge is 0.259 e. The Labute approximate surface area is 211 Å². The first-order valence-corrected chi connectivity index (χ1v) is 12.5. The highest BCUT2D eigenvalue weighted by Gasteiger charge is 2.41. The lowest BCUT2D eigenvalue weighted by atomic mass is 9.84. The molecule has 2 aliphatic heterocycles. The molecule has 0 radical (unpaired) electrons. The number of hydrogen-bond acceptors (Lipinski definition) is 5. The second-order valence-corrected chi connectivity index (χ2v) is 10.3. The van der Waals surface area contributed by atoms with Crippen LogP contribution in [0, 0.1) is 5.92 Å². The van der Waals surface area contributed by atoms with Crippen molar-refractivity contribution in [1.29, 1.82) is 0 Å². The summed E-state index contributed by atoms with van der Waals surface area (Å²) in [5.41, 5.74) is 5.39. The van der Waals surface area contributed by atoms with Crippen molar-refractivity contribution < 1.29 is 19.1 Å². The van der Waals surface area contributed by atoms with Gasteiger partial charge in [-0.3, -0.25) is 14.5 Å². The van der Waals surface area contributed by atoms with Gasteiger partial charge in [0.15, 0.2) is 11.5 Å². The molecule has 2 amide bonds. The molecule has 0 fully saturated rings. The SMILES string of the molecule is COc1cc(C2C3=C(CN(C(C)=O)C3=O)Nc3cccc4c3c2cn4CC(C)C)ccc1OC(C)C. The van der Waals surface area contributed by atoms with Crippen molar-refractivity contribution in [3.8, 4) is 11.5 Å². The van der Waals surface area contributed by atoms with Gasteiger partial charge in [0.05, 0.1) is 30.8 Å². The minimum absolute atomic E-state index is 0.00163. The molecule has 1 aromatic heterocycles. The molecule has 7 heteroatoms. The molecular weight excluding hydrogens is 454 g/mol. The van der Waals surface area contributed by atoms with Gasteiger partial charge in [0.25, 0.3) is 5.91 Å². The van der Waals surface area contributed by atoms with Crippen LogP contribution >= 0.6 is 0 Å². The Morgan fingerprint density at radius 1 is 1.14 bits per heavy atom. The number of aromatic nitrogens is 1. The van der Waals surface area contributed by atoms with E-state index in [9.17, 15) is 9.59 Å². The number of carbonyl (C=O) groups excluding carboxylic acids is 2. The fraction of sp³-hybridized carbons (Fsp3) is 0.379. The zero-order chi connectivity index (χ0) is 25.7. The number of anilines is 1. The number of hydrogen-bond donors (Lipinski definition) is 1. The third-order valence-electron chi connectivity index (χ3n) is 6.76. The van der Waals surface area contributed by atoms with Crippen molar-refractivity contribution in [1.82, 2.24) is 9.47 Å². The van der Waals surface area contributed by atoms with Crippen LogP contribution in [0.15, 0.2) is 53.9 Å². The Morgan fingerprint density at radius 3 is 2.58 bits per heavy atom. The first-order chi connectivity index (χ1) is 17.2. The van der Waals surface area contributed by atoms with E-state index in [1.54, 1.807) is 7.11 Å². The number of methoxy groups -OCH3 is 1. The van der Waals surface area contributed by atoms with E-state index in [1.165, 1.54) is 11.8 Å². The van der Waals surface area contributed by atoms with E-state index < -0.39 is 0 Å². The average molecular weight is 488 g/mol. The second-order valence-electron chi connectivity index (χ2n) is 10.3. The molecule has 0 spiro atoms. The number of carbonyl (C=O) groups is 2. The van der Waals surface area contributed by atoms with Crippen LogP contribution in [-0.4, -0.2) is 41.0 Å². The lowest BCUT2D eigenvalue weighted by molar-refractivity contribution is -0.139. The zero-order valence-electron chi connectivity index (χ0n) is 21.7. The summed E-state index contributed by atoms with van der Waals surface area (Å²) in [7, 11) is 1.62. The minimum Gasteiger partial charge on any atom is -0.493 e. The second kappa shape index (κ2) is 9.04. The molecule has 0 saturated carbocycles. The molecule has 5 rings (SSSR count). The summed E-state index contributed by atoms with van der Waals surface area (Å²) in [6.45, 7) is 10.9. The monoisotopic (exact) mass is 487 g/mol. The van der Waals surface area contributed by atoms with Crippen molar-refractivity contribution >= 4 is 28.4 Å². The van der Waals surface area contributed by atoms with E-state index in [1.807, 2.05) is 44.2 Å². The number of imide groups is 1. The van der Waals surface area contributed by atoms with Crippen LogP contribution in [0.2, 0.25) is 0 Å². The molecule has 3 aromatic rings. The van der Waals surface area contributed by atoms with Crippen molar-refractivity contribution in [2.24, 2.45) is 5.92 Å². The molecule has 36 heavy (non-hydrogen) atoms. The first kappa shape index (κ1) is 24.0. The third-order valence-corrected chi connectivity index (χ3v) is 6.76. The van der Waals surface area contributed by atoms with Gasteiger partial charge in [0.2, 0.25) is 5.91 Å². The molecule has 2 aliphatic rings. The van der Waals surface area contributed by atoms with Gasteiger partial charge >= 0.3 is 0 Å². The molecule has 7 nitrogen and oxygen atoms in total. The highest BCUT2D eigenvalue weighted by molar-refractivity contribution is 6.11. The van der Waals surface area contributed by atoms with E-state index in [-0.39, 0.29) is 30.4 Å². The molecule has 1 unspecified atom stereocenters. The molecule has 2 aromatic carbocycles. The molecule has 3 heterocycles. The largest absolute Gasteiger partial charge is 0.493 e. The van der Waals surface area contributed by atoms with Crippen LogP contribution in [0.1, 0.15) is 51.7 Å². The highest BCUT2D eigenvalue weighted by Crippen LogP contribution is 2.47. The number of nitrogens with zero attached hydrogens (tertiary/aromatic N) is 2. The van der Waals surface area contributed by atoms with Gasteiger partial charge in [0.1, 0.15) is 0 Å². The standard InChI is InChI=1S/C29H33N3O4/c1-16(2)13-31-14-20-26(19-10-11-24(36-17(3)4)25(12-19)35-6)28-22(15-32(18(5)33)29(28)34)30-21-8-7-9-23(31)27(20)21/h7-12,14,16-17,26,30H,13,15H2,1-6H3. The maximum absolute atomic E-state index is 13.7. The lowest BCUT2D eigenvalue weighted by Gasteiger charge is -2.21. The number of ether oxygens (including phenoxy) is 2. The summed E-state index contributed by atoms with van der Waals surface area (Å²) in [5, 5.41) is 4.63. The molecule has 1 N–H and O–H groups in total. The van der Waals surface area contributed by atoms with Crippen molar-refractivity contribution in [2.75, 3.05) is 19.0 Å². The summed E-state index contributed by atoms with van der Waals surface area (Å²) in [6, 6.07) is 12.1. The molecule has 0 saturated heterocycles. The molecule has 0 aliphatic carbocycles. The predicted molar refractivity (Wildman–Crippen MR) is 140 cm³/mol. The Balaban J connectivity index is 1.76. The predicted octanol–water partition coefficient (Wildman–Crippen LogP) is 5.29. The van der Waals surface area contributed by atoms with Crippen LogP contribution in [0.5, 0.6) is 11.5 Å². The Morgan fingerprint density at radius 2 is 1.92 bits per heavy atom. The molecule has 188 valence electrons.